The lowest BCUT2D eigenvalue weighted by molar-refractivity contribution is -0.127. The van der Waals surface area contributed by atoms with Crippen molar-refractivity contribution in [2.75, 3.05) is 31.2 Å². The number of fused-ring (bicyclic) bond motifs is 1. The van der Waals surface area contributed by atoms with Gasteiger partial charge in [-0.15, -0.1) is 0 Å². The molecule has 0 aromatic carbocycles. The van der Waals surface area contributed by atoms with Crippen molar-refractivity contribution in [1.29, 1.82) is 10.8 Å². The first-order chi connectivity index (χ1) is 10.5. The summed E-state index contributed by atoms with van der Waals surface area (Å²) in [5.41, 5.74) is 2.61. The Morgan fingerprint density at radius 2 is 2.00 bits per heavy atom. The Bertz CT molecular complexity index is 727. The lowest BCUT2D eigenvalue weighted by Crippen LogP contribution is -2.66. The Morgan fingerprint density at radius 1 is 1.27 bits per heavy atom. The standard InChI is InChI=1S/C15H17N5O2/c1-8(9(2)16)10-11-12(22-13(10)17)14(19-7-18-11)20-3-15(4-20)5-21-6-15/h7,16-17H,3-6H2,1-2H3/b10-8-,16-9?,17-13?. The third-order valence-corrected chi connectivity index (χ3v) is 4.56. The van der Waals surface area contributed by atoms with E-state index in [4.69, 9.17) is 20.3 Å². The van der Waals surface area contributed by atoms with E-state index in [0.29, 0.717) is 28.3 Å². The average Bonchev–Trinajstić information content (AvgIpc) is 2.71. The summed E-state index contributed by atoms with van der Waals surface area (Å²) in [6, 6.07) is 0. The molecule has 1 aromatic rings. The van der Waals surface area contributed by atoms with E-state index in [1.165, 1.54) is 6.33 Å². The van der Waals surface area contributed by atoms with Crippen LogP contribution in [0.4, 0.5) is 5.82 Å². The van der Waals surface area contributed by atoms with Crippen LogP contribution >= 0.6 is 0 Å². The van der Waals surface area contributed by atoms with Crippen molar-refractivity contribution in [2.45, 2.75) is 13.8 Å². The van der Waals surface area contributed by atoms with Crippen LogP contribution in [0.25, 0.3) is 5.57 Å². The van der Waals surface area contributed by atoms with Crippen LogP contribution in [0.1, 0.15) is 19.5 Å². The number of hydrogen-bond donors (Lipinski definition) is 2. The minimum absolute atomic E-state index is 0.0445. The minimum atomic E-state index is 0.0445. The topological polar surface area (TPSA) is 95.2 Å². The summed E-state index contributed by atoms with van der Waals surface area (Å²) in [6.45, 7) is 6.93. The number of allylic oxidation sites excluding steroid dienone is 1. The first-order valence-corrected chi connectivity index (χ1v) is 7.22. The summed E-state index contributed by atoms with van der Waals surface area (Å²) in [4.78, 5) is 10.8. The molecule has 0 bridgehead atoms. The summed E-state index contributed by atoms with van der Waals surface area (Å²) in [5.74, 6) is 1.32. The SMILES string of the molecule is CC(=N)/C(C)=C1\C(=N)Oc2c1ncnc2N1CC2(COC2)C1. The van der Waals surface area contributed by atoms with E-state index < -0.39 is 0 Å². The normalized spacial score (nSPS) is 23.5. The highest BCUT2D eigenvalue weighted by atomic mass is 16.5. The molecule has 0 unspecified atom stereocenters. The molecule has 7 nitrogen and oxygen atoms in total. The van der Waals surface area contributed by atoms with Crippen molar-refractivity contribution in [3.63, 3.8) is 0 Å². The van der Waals surface area contributed by atoms with Crippen LogP contribution in [0, 0.1) is 16.2 Å². The van der Waals surface area contributed by atoms with E-state index in [2.05, 4.69) is 14.9 Å². The molecule has 2 fully saturated rings. The molecule has 0 saturated carbocycles. The fraction of sp³-hybridized carbons (Fsp3) is 0.467. The molecule has 0 aliphatic carbocycles. The maximum atomic E-state index is 8.07. The lowest BCUT2D eigenvalue weighted by atomic mass is 9.78. The first kappa shape index (κ1) is 13.4. The van der Waals surface area contributed by atoms with Crippen molar-refractivity contribution in [3.8, 4) is 5.75 Å². The highest BCUT2D eigenvalue weighted by Gasteiger charge is 2.50. The molecule has 1 spiro atoms. The molecule has 4 heterocycles. The Morgan fingerprint density at radius 3 is 2.59 bits per heavy atom. The van der Waals surface area contributed by atoms with Gasteiger partial charge in [-0.05, 0) is 19.4 Å². The highest BCUT2D eigenvalue weighted by molar-refractivity contribution is 6.28. The maximum Gasteiger partial charge on any atom is 0.222 e. The Hall–Kier alpha value is -2.28. The summed E-state index contributed by atoms with van der Waals surface area (Å²) in [7, 11) is 0. The molecule has 0 radical (unpaired) electrons. The van der Waals surface area contributed by atoms with Gasteiger partial charge in [-0.3, -0.25) is 5.41 Å². The molecule has 0 amide bonds. The number of ether oxygens (including phenoxy) is 2. The quantitative estimate of drug-likeness (QED) is 0.807. The molecule has 3 aliphatic heterocycles. The number of nitrogens with one attached hydrogen (secondary N) is 2. The Balaban J connectivity index is 1.72. The van der Waals surface area contributed by atoms with Gasteiger partial charge < -0.3 is 19.8 Å². The van der Waals surface area contributed by atoms with Crippen LogP contribution in [0.15, 0.2) is 11.9 Å². The lowest BCUT2D eigenvalue weighted by Gasteiger charge is -2.55. The van der Waals surface area contributed by atoms with Crippen LogP contribution in [-0.2, 0) is 4.74 Å². The van der Waals surface area contributed by atoms with E-state index in [9.17, 15) is 0 Å². The highest BCUT2D eigenvalue weighted by Crippen LogP contribution is 2.46. The fourth-order valence-corrected chi connectivity index (χ4v) is 3.14. The summed E-state index contributed by atoms with van der Waals surface area (Å²) in [6.07, 6.45) is 1.50. The monoisotopic (exact) mass is 299 g/mol. The fourth-order valence-electron chi connectivity index (χ4n) is 3.14. The second-order valence-electron chi connectivity index (χ2n) is 6.28. The van der Waals surface area contributed by atoms with Gasteiger partial charge in [-0.25, -0.2) is 9.97 Å². The Labute approximate surface area is 128 Å². The molecular weight excluding hydrogens is 282 g/mol. The zero-order valence-electron chi connectivity index (χ0n) is 12.6. The van der Waals surface area contributed by atoms with Crippen LogP contribution < -0.4 is 9.64 Å². The number of aromatic nitrogens is 2. The summed E-state index contributed by atoms with van der Waals surface area (Å²) >= 11 is 0. The van der Waals surface area contributed by atoms with Gasteiger partial charge in [0.05, 0.1) is 24.2 Å². The second kappa shape index (κ2) is 4.36. The minimum Gasteiger partial charge on any atom is -0.433 e. The molecular formula is C15H17N5O2. The van der Waals surface area contributed by atoms with Crippen LogP contribution in [-0.4, -0.2) is 47.9 Å². The predicted molar refractivity (Wildman–Crippen MR) is 81.8 cm³/mol. The van der Waals surface area contributed by atoms with Crippen molar-refractivity contribution >= 4 is 23.0 Å². The molecule has 2 N–H and O–H groups in total. The molecule has 2 saturated heterocycles. The molecule has 22 heavy (non-hydrogen) atoms. The van der Waals surface area contributed by atoms with Crippen molar-refractivity contribution in [1.82, 2.24) is 9.97 Å². The predicted octanol–water partition coefficient (Wildman–Crippen LogP) is 1.50. The largest absolute Gasteiger partial charge is 0.433 e. The van der Waals surface area contributed by atoms with Gasteiger partial charge in [0.25, 0.3) is 0 Å². The molecule has 4 rings (SSSR count). The van der Waals surface area contributed by atoms with Crippen molar-refractivity contribution in [2.24, 2.45) is 5.41 Å². The van der Waals surface area contributed by atoms with Gasteiger partial charge in [0, 0.05) is 18.8 Å². The van der Waals surface area contributed by atoms with Gasteiger partial charge in [-0.2, -0.15) is 0 Å². The second-order valence-corrected chi connectivity index (χ2v) is 6.28. The molecule has 0 atom stereocenters. The van der Waals surface area contributed by atoms with Gasteiger partial charge >= 0.3 is 0 Å². The van der Waals surface area contributed by atoms with E-state index >= 15 is 0 Å². The average molecular weight is 299 g/mol. The summed E-state index contributed by atoms with van der Waals surface area (Å²) in [5, 5.41) is 15.9. The molecule has 7 heteroatoms. The number of nitrogens with zero attached hydrogens (tertiary/aromatic N) is 3. The van der Waals surface area contributed by atoms with Gasteiger partial charge in [-0.1, -0.05) is 0 Å². The first-order valence-electron chi connectivity index (χ1n) is 7.22. The smallest absolute Gasteiger partial charge is 0.222 e. The summed E-state index contributed by atoms with van der Waals surface area (Å²) < 4.78 is 10.9. The van der Waals surface area contributed by atoms with E-state index in [1.807, 2.05) is 6.92 Å². The van der Waals surface area contributed by atoms with Crippen LogP contribution in [0.5, 0.6) is 5.75 Å². The number of anilines is 1. The van der Waals surface area contributed by atoms with Gasteiger partial charge in [0.15, 0.2) is 11.6 Å². The van der Waals surface area contributed by atoms with Crippen molar-refractivity contribution < 1.29 is 9.47 Å². The maximum absolute atomic E-state index is 8.07. The number of hydrogen-bond acceptors (Lipinski definition) is 7. The van der Waals surface area contributed by atoms with E-state index in [0.717, 1.165) is 32.1 Å². The van der Waals surface area contributed by atoms with E-state index in [1.54, 1.807) is 6.92 Å². The third kappa shape index (κ3) is 1.72. The number of rotatable bonds is 2. The van der Waals surface area contributed by atoms with Crippen LogP contribution in [0.2, 0.25) is 0 Å². The van der Waals surface area contributed by atoms with Gasteiger partial charge in [0.1, 0.15) is 12.0 Å². The zero-order valence-corrected chi connectivity index (χ0v) is 12.6. The Kier molecular flexibility index (Phi) is 2.65. The van der Waals surface area contributed by atoms with Gasteiger partial charge in [0.2, 0.25) is 5.90 Å². The third-order valence-electron chi connectivity index (χ3n) is 4.56. The molecule has 3 aliphatic rings. The zero-order chi connectivity index (χ0) is 15.5. The van der Waals surface area contributed by atoms with Crippen LogP contribution in [0.3, 0.4) is 0 Å². The molecule has 114 valence electrons. The van der Waals surface area contributed by atoms with Crippen molar-refractivity contribution in [3.05, 3.63) is 17.6 Å². The molecule has 1 aromatic heterocycles. The van der Waals surface area contributed by atoms with E-state index in [-0.39, 0.29) is 11.3 Å².